The van der Waals surface area contributed by atoms with Crippen molar-refractivity contribution in [2.45, 2.75) is 18.4 Å². The fraction of sp³-hybridized carbons (Fsp3) is 0.250. The minimum Gasteiger partial charge on any atom is -0.324 e. The molecule has 1 aliphatic rings. The zero-order valence-electron chi connectivity index (χ0n) is 13.3. The zero-order chi connectivity index (χ0) is 17.3. The summed E-state index contributed by atoms with van der Waals surface area (Å²) in [6.45, 7) is 1.74. The Hall–Kier alpha value is -2.61. The van der Waals surface area contributed by atoms with Crippen molar-refractivity contribution in [3.63, 3.8) is 0 Å². The van der Waals surface area contributed by atoms with Crippen LogP contribution in [-0.4, -0.2) is 34.4 Å². The molecular formula is C16H16N4O3S. The molecule has 8 heteroatoms. The molecular weight excluding hydrogens is 328 g/mol. The number of carbonyl (C=O) groups is 2. The van der Waals surface area contributed by atoms with E-state index in [4.69, 9.17) is 0 Å². The number of fused-ring (bicyclic) bond motifs is 1. The van der Waals surface area contributed by atoms with Crippen molar-refractivity contribution in [3.8, 4) is 0 Å². The number of amides is 2. The van der Waals surface area contributed by atoms with Gasteiger partial charge in [-0.05, 0) is 19.1 Å². The summed E-state index contributed by atoms with van der Waals surface area (Å²) in [5.74, 6) is -0.222. The third-order valence-electron chi connectivity index (χ3n) is 3.67. The molecule has 2 amide bonds. The normalized spacial score (nSPS) is 13.6. The van der Waals surface area contributed by atoms with Crippen LogP contribution >= 0.6 is 11.8 Å². The molecule has 2 aromatic rings. The molecule has 2 heterocycles. The van der Waals surface area contributed by atoms with Gasteiger partial charge < -0.3 is 10.2 Å². The van der Waals surface area contributed by atoms with Crippen LogP contribution in [0.25, 0.3) is 0 Å². The Balaban J connectivity index is 1.80. The van der Waals surface area contributed by atoms with Crippen LogP contribution in [0.4, 0.5) is 11.4 Å². The van der Waals surface area contributed by atoms with Crippen LogP contribution < -0.4 is 15.8 Å². The first-order chi connectivity index (χ1) is 11.5. The summed E-state index contributed by atoms with van der Waals surface area (Å²) < 4.78 is 1.07. The standard InChI is InChI=1S/C16H16N4O3S/c1-10-3-5-11(6-4-10)18-13(21)8-20-16(23)15-12(7-17-20)24-9-14(22)19(15)2/h3-7H,8-9H2,1-2H3,(H,18,21). The quantitative estimate of drug-likeness (QED) is 0.906. The van der Waals surface area contributed by atoms with Crippen molar-refractivity contribution in [3.05, 3.63) is 46.4 Å². The van der Waals surface area contributed by atoms with E-state index in [0.717, 1.165) is 10.2 Å². The van der Waals surface area contributed by atoms with Crippen LogP contribution in [0.1, 0.15) is 5.56 Å². The van der Waals surface area contributed by atoms with Gasteiger partial charge in [0.25, 0.3) is 5.56 Å². The lowest BCUT2D eigenvalue weighted by molar-refractivity contribution is -0.117. The topological polar surface area (TPSA) is 84.3 Å². The van der Waals surface area contributed by atoms with Crippen molar-refractivity contribution in [2.75, 3.05) is 23.0 Å². The zero-order valence-corrected chi connectivity index (χ0v) is 14.1. The fourth-order valence-corrected chi connectivity index (χ4v) is 3.28. The molecule has 1 aliphatic heterocycles. The van der Waals surface area contributed by atoms with E-state index in [1.807, 2.05) is 19.1 Å². The first-order valence-corrected chi connectivity index (χ1v) is 8.30. The molecule has 0 saturated carbocycles. The van der Waals surface area contributed by atoms with Crippen LogP contribution in [0, 0.1) is 6.92 Å². The van der Waals surface area contributed by atoms with Crippen molar-refractivity contribution < 1.29 is 9.59 Å². The number of anilines is 2. The number of benzene rings is 1. The summed E-state index contributed by atoms with van der Waals surface area (Å²) in [4.78, 5) is 38.4. The highest BCUT2D eigenvalue weighted by molar-refractivity contribution is 8.00. The maximum Gasteiger partial charge on any atom is 0.292 e. The van der Waals surface area contributed by atoms with Gasteiger partial charge in [-0.2, -0.15) is 5.10 Å². The summed E-state index contributed by atoms with van der Waals surface area (Å²) >= 11 is 1.28. The maximum atomic E-state index is 12.5. The molecule has 0 bridgehead atoms. The molecule has 0 aliphatic carbocycles. The number of nitrogens with one attached hydrogen (secondary N) is 1. The van der Waals surface area contributed by atoms with E-state index in [1.165, 1.54) is 22.9 Å². The molecule has 124 valence electrons. The summed E-state index contributed by atoms with van der Waals surface area (Å²) in [7, 11) is 1.55. The number of aromatic nitrogens is 2. The van der Waals surface area contributed by atoms with Gasteiger partial charge >= 0.3 is 0 Å². The van der Waals surface area contributed by atoms with Crippen LogP contribution in [0.3, 0.4) is 0 Å². The number of hydrogen-bond donors (Lipinski definition) is 1. The first kappa shape index (κ1) is 16.3. The monoisotopic (exact) mass is 344 g/mol. The van der Waals surface area contributed by atoms with Crippen molar-refractivity contribution >= 4 is 35.0 Å². The number of carbonyl (C=O) groups excluding carboxylic acids is 2. The van der Waals surface area contributed by atoms with Gasteiger partial charge in [-0.1, -0.05) is 17.7 Å². The number of thioether (sulfide) groups is 1. The van der Waals surface area contributed by atoms with E-state index in [-0.39, 0.29) is 29.8 Å². The molecule has 24 heavy (non-hydrogen) atoms. The van der Waals surface area contributed by atoms with Gasteiger partial charge in [-0.25, -0.2) is 4.68 Å². The molecule has 7 nitrogen and oxygen atoms in total. The Morgan fingerprint density at radius 3 is 2.71 bits per heavy atom. The highest BCUT2D eigenvalue weighted by Gasteiger charge is 2.26. The molecule has 1 aromatic heterocycles. The lowest BCUT2D eigenvalue weighted by Gasteiger charge is -2.24. The SMILES string of the molecule is Cc1ccc(NC(=O)Cn2ncc3c(c2=O)N(C)C(=O)CS3)cc1. The second-order valence-electron chi connectivity index (χ2n) is 5.48. The van der Waals surface area contributed by atoms with E-state index in [0.29, 0.717) is 10.6 Å². The van der Waals surface area contributed by atoms with Gasteiger partial charge in [-0.3, -0.25) is 14.4 Å². The van der Waals surface area contributed by atoms with Gasteiger partial charge in [0.05, 0.1) is 16.8 Å². The van der Waals surface area contributed by atoms with Crippen LogP contribution in [0.2, 0.25) is 0 Å². The van der Waals surface area contributed by atoms with Crippen molar-refractivity contribution in [2.24, 2.45) is 0 Å². The smallest absolute Gasteiger partial charge is 0.292 e. The Morgan fingerprint density at radius 2 is 2.00 bits per heavy atom. The summed E-state index contributed by atoms with van der Waals surface area (Å²) in [5, 5.41) is 6.75. The summed E-state index contributed by atoms with van der Waals surface area (Å²) in [6.07, 6.45) is 1.52. The lowest BCUT2D eigenvalue weighted by Crippen LogP contribution is -2.40. The predicted octanol–water partition coefficient (Wildman–Crippen LogP) is 1.26. The van der Waals surface area contributed by atoms with Crippen molar-refractivity contribution in [1.82, 2.24) is 9.78 Å². The fourth-order valence-electron chi connectivity index (χ4n) is 2.32. The van der Waals surface area contributed by atoms with Crippen LogP contribution in [0.15, 0.2) is 40.2 Å². The molecule has 0 unspecified atom stereocenters. The molecule has 0 radical (unpaired) electrons. The third kappa shape index (κ3) is 3.18. The maximum absolute atomic E-state index is 12.5. The minimum absolute atomic E-state index is 0.147. The first-order valence-electron chi connectivity index (χ1n) is 7.31. The highest BCUT2D eigenvalue weighted by Crippen LogP contribution is 2.30. The molecule has 1 aromatic carbocycles. The summed E-state index contributed by atoms with van der Waals surface area (Å²) in [6, 6.07) is 7.35. The van der Waals surface area contributed by atoms with Gasteiger partial charge in [0, 0.05) is 12.7 Å². The molecule has 0 fully saturated rings. The average Bonchev–Trinajstić information content (AvgIpc) is 2.55. The Morgan fingerprint density at radius 1 is 1.29 bits per heavy atom. The minimum atomic E-state index is -0.449. The number of hydrogen-bond acceptors (Lipinski definition) is 5. The average molecular weight is 344 g/mol. The molecule has 0 atom stereocenters. The molecule has 0 saturated heterocycles. The van der Waals surface area contributed by atoms with Gasteiger partial charge in [0.2, 0.25) is 11.8 Å². The predicted molar refractivity (Wildman–Crippen MR) is 92.4 cm³/mol. The Labute approximate surface area is 142 Å². The second kappa shape index (κ2) is 6.48. The lowest BCUT2D eigenvalue weighted by atomic mass is 10.2. The van der Waals surface area contributed by atoms with E-state index < -0.39 is 5.56 Å². The van der Waals surface area contributed by atoms with Gasteiger partial charge in [-0.15, -0.1) is 11.8 Å². The molecule has 0 spiro atoms. The number of nitrogens with zero attached hydrogens (tertiary/aromatic N) is 3. The molecule has 1 N–H and O–H groups in total. The van der Waals surface area contributed by atoms with Crippen LogP contribution in [-0.2, 0) is 16.1 Å². The summed E-state index contributed by atoms with van der Waals surface area (Å²) in [5.41, 5.74) is 1.56. The van der Waals surface area contributed by atoms with Crippen LogP contribution in [0.5, 0.6) is 0 Å². The highest BCUT2D eigenvalue weighted by atomic mass is 32.2. The van der Waals surface area contributed by atoms with E-state index in [9.17, 15) is 14.4 Å². The number of aryl methyl sites for hydroxylation is 1. The van der Waals surface area contributed by atoms with E-state index in [2.05, 4.69) is 10.4 Å². The van der Waals surface area contributed by atoms with E-state index in [1.54, 1.807) is 19.2 Å². The second-order valence-corrected chi connectivity index (χ2v) is 6.49. The van der Waals surface area contributed by atoms with Gasteiger partial charge in [0.1, 0.15) is 12.2 Å². The number of rotatable bonds is 3. The van der Waals surface area contributed by atoms with Crippen molar-refractivity contribution in [1.29, 1.82) is 0 Å². The molecule has 3 rings (SSSR count). The third-order valence-corrected chi connectivity index (χ3v) is 4.68. The van der Waals surface area contributed by atoms with Gasteiger partial charge in [0.15, 0.2) is 0 Å². The largest absolute Gasteiger partial charge is 0.324 e. The Kier molecular flexibility index (Phi) is 4.39. The Bertz CT molecular complexity index is 861. The van der Waals surface area contributed by atoms with E-state index >= 15 is 0 Å².